The van der Waals surface area contributed by atoms with Crippen molar-refractivity contribution in [2.24, 2.45) is 4.99 Å². The van der Waals surface area contributed by atoms with Gasteiger partial charge in [-0.3, -0.25) is 0 Å². The van der Waals surface area contributed by atoms with Gasteiger partial charge in [0, 0.05) is 18.2 Å². The fourth-order valence-electron chi connectivity index (χ4n) is 2.94. The second-order valence-corrected chi connectivity index (χ2v) is 8.69. The molecule has 6 nitrogen and oxygen atoms in total. The van der Waals surface area contributed by atoms with Crippen LogP contribution in [0.25, 0.3) is 0 Å². The van der Waals surface area contributed by atoms with Gasteiger partial charge in [-0.05, 0) is 31.5 Å². The van der Waals surface area contributed by atoms with E-state index < -0.39 is 9.84 Å². The van der Waals surface area contributed by atoms with Crippen molar-refractivity contribution in [2.45, 2.75) is 25.9 Å². The second-order valence-electron chi connectivity index (χ2n) is 6.46. The number of para-hydroxylation sites is 2. The first kappa shape index (κ1) is 22.5. The minimum Gasteiger partial charge on any atom is -0.457 e. The van der Waals surface area contributed by atoms with E-state index in [1.54, 1.807) is 0 Å². The number of hydrogen-bond donors (Lipinski definition) is 2. The Hall–Kier alpha value is -1.81. The van der Waals surface area contributed by atoms with Crippen molar-refractivity contribution in [1.29, 1.82) is 0 Å². The quantitative estimate of drug-likeness (QED) is 0.351. The predicted octanol–water partition coefficient (Wildman–Crippen LogP) is 3.34. The van der Waals surface area contributed by atoms with Crippen LogP contribution in [0.3, 0.4) is 0 Å². The Labute approximate surface area is 183 Å². The van der Waals surface area contributed by atoms with E-state index in [9.17, 15) is 8.42 Å². The highest BCUT2D eigenvalue weighted by Gasteiger charge is 2.28. The zero-order valence-electron chi connectivity index (χ0n) is 15.8. The SMILES string of the molecule is CCNC(=NCc1ccccc1Oc1ccccc1)NC1CCS(=O)(=O)C1.I. The molecule has 2 N–H and O–H groups in total. The van der Waals surface area contributed by atoms with Gasteiger partial charge in [0.2, 0.25) is 0 Å². The lowest BCUT2D eigenvalue weighted by molar-refractivity contribution is 0.476. The van der Waals surface area contributed by atoms with Crippen LogP contribution in [0.15, 0.2) is 59.6 Å². The first-order valence-electron chi connectivity index (χ1n) is 9.12. The van der Waals surface area contributed by atoms with E-state index in [-0.39, 0.29) is 41.5 Å². The molecule has 0 amide bonds. The number of nitrogens with one attached hydrogen (secondary N) is 2. The Balaban J connectivity index is 0.00000280. The Kier molecular flexibility index (Phi) is 8.56. The maximum absolute atomic E-state index is 11.7. The van der Waals surface area contributed by atoms with Gasteiger partial charge in [0.15, 0.2) is 15.8 Å². The molecule has 1 unspecified atom stereocenters. The summed E-state index contributed by atoms with van der Waals surface area (Å²) in [5.74, 6) is 2.54. The minimum absolute atomic E-state index is 0. The molecule has 152 valence electrons. The maximum atomic E-state index is 11.7. The molecule has 1 saturated heterocycles. The molecule has 0 bridgehead atoms. The first-order chi connectivity index (χ1) is 13.1. The van der Waals surface area contributed by atoms with E-state index in [1.165, 1.54) is 0 Å². The molecule has 1 fully saturated rings. The summed E-state index contributed by atoms with van der Waals surface area (Å²) in [6.07, 6.45) is 0.612. The van der Waals surface area contributed by atoms with Crippen molar-refractivity contribution >= 4 is 39.8 Å². The van der Waals surface area contributed by atoms with E-state index >= 15 is 0 Å². The molecule has 28 heavy (non-hydrogen) atoms. The number of guanidine groups is 1. The van der Waals surface area contributed by atoms with Gasteiger partial charge in [-0.25, -0.2) is 13.4 Å². The highest BCUT2D eigenvalue weighted by molar-refractivity contribution is 14.0. The smallest absolute Gasteiger partial charge is 0.191 e. The summed E-state index contributed by atoms with van der Waals surface area (Å²) in [7, 11) is -2.93. The summed E-state index contributed by atoms with van der Waals surface area (Å²) < 4.78 is 29.3. The maximum Gasteiger partial charge on any atom is 0.191 e. The fraction of sp³-hybridized carbons (Fsp3) is 0.350. The van der Waals surface area contributed by atoms with Crippen molar-refractivity contribution < 1.29 is 13.2 Å². The number of aliphatic imine (C=N–C) groups is 1. The second kappa shape index (κ2) is 10.7. The van der Waals surface area contributed by atoms with E-state index in [2.05, 4.69) is 15.6 Å². The van der Waals surface area contributed by atoms with E-state index in [0.29, 0.717) is 25.5 Å². The number of benzene rings is 2. The van der Waals surface area contributed by atoms with Gasteiger partial charge in [-0.15, -0.1) is 24.0 Å². The van der Waals surface area contributed by atoms with Crippen LogP contribution in [0.5, 0.6) is 11.5 Å². The summed E-state index contributed by atoms with van der Waals surface area (Å²) in [6.45, 7) is 3.11. The molecule has 0 aliphatic carbocycles. The highest BCUT2D eigenvalue weighted by atomic mass is 127. The molecule has 8 heteroatoms. The normalized spacial score (nSPS) is 18.2. The van der Waals surface area contributed by atoms with Crippen LogP contribution in [-0.4, -0.2) is 38.5 Å². The number of rotatable bonds is 6. The molecule has 3 rings (SSSR count). The van der Waals surface area contributed by atoms with Crippen LogP contribution in [-0.2, 0) is 16.4 Å². The largest absolute Gasteiger partial charge is 0.457 e. The molecule has 1 heterocycles. The van der Waals surface area contributed by atoms with E-state index in [1.807, 2.05) is 61.5 Å². The fourth-order valence-corrected chi connectivity index (χ4v) is 4.61. The van der Waals surface area contributed by atoms with Gasteiger partial charge in [-0.1, -0.05) is 36.4 Å². The lowest BCUT2D eigenvalue weighted by Crippen LogP contribution is -2.44. The van der Waals surface area contributed by atoms with Crippen LogP contribution in [0.1, 0.15) is 18.9 Å². The van der Waals surface area contributed by atoms with Crippen molar-refractivity contribution in [1.82, 2.24) is 10.6 Å². The number of sulfone groups is 1. The van der Waals surface area contributed by atoms with Crippen LogP contribution < -0.4 is 15.4 Å². The van der Waals surface area contributed by atoms with Crippen LogP contribution in [0.2, 0.25) is 0 Å². The summed E-state index contributed by atoms with van der Waals surface area (Å²) in [4.78, 5) is 4.62. The Bertz CT molecular complexity index is 889. The third-order valence-corrected chi connectivity index (χ3v) is 6.04. The number of nitrogens with zero attached hydrogens (tertiary/aromatic N) is 1. The summed E-state index contributed by atoms with van der Waals surface area (Å²) in [5.41, 5.74) is 0.956. The van der Waals surface area contributed by atoms with Gasteiger partial charge in [-0.2, -0.15) is 0 Å². The molecule has 2 aromatic carbocycles. The number of hydrogen-bond acceptors (Lipinski definition) is 4. The standard InChI is InChI=1S/C20H25N3O3S.HI/c1-2-21-20(23-17-12-13-27(24,25)15-17)22-14-16-8-6-7-11-19(16)26-18-9-4-3-5-10-18;/h3-11,17H,2,12-15H2,1H3,(H2,21,22,23);1H. The van der Waals surface area contributed by atoms with Crippen molar-refractivity contribution in [3.05, 3.63) is 60.2 Å². The Morgan fingerprint density at radius 3 is 2.54 bits per heavy atom. The first-order valence-corrected chi connectivity index (χ1v) is 10.9. The minimum atomic E-state index is -2.93. The lowest BCUT2D eigenvalue weighted by atomic mass is 10.2. The zero-order valence-corrected chi connectivity index (χ0v) is 18.9. The lowest BCUT2D eigenvalue weighted by Gasteiger charge is -2.16. The summed E-state index contributed by atoms with van der Waals surface area (Å²) >= 11 is 0. The summed E-state index contributed by atoms with van der Waals surface area (Å²) in [5, 5.41) is 6.41. The molecular formula is C20H26IN3O3S. The van der Waals surface area contributed by atoms with Gasteiger partial charge >= 0.3 is 0 Å². The van der Waals surface area contributed by atoms with E-state index in [0.717, 1.165) is 17.1 Å². The Morgan fingerprint density at radius 1 is 1.14 bits per heavy atom. The average molecular weight is 515 g/mol. The predicted molar refractivity (Wildman–Crippen MR) is 123 cm³/mol. The number of ether oxygens (including phenoxy) is 1. The molecule has 1 atom stereocenters. The van der Waals surface area contributed by atoms with Crippen molar-refractivity contribution in [2.75, 3.05) is 18.1 Å². The summed E-state index contributed by atoms with van der Waals surface area (Å²) in [6, 6.07) is 17.3. The molecule has 0 spiro atoms. The molecular weight excluding hydrogens is 489 g/mol. The molecule has 0 radical (unpaired) electrons. The van der Waals surface area contributed by atoms with Gasteiger partial charge < -0.3 is 15.4 Å². The number of halogens is 1. The van der Waals surface area contributed by atoms with E-state index in [4.69, 9.17) is 4.74 Å². The van der Waals surface area contributed by atoms with Gasteiger partial charge in [0.1, 0.15) is 11.5 Å². The Morgan fingerprint density at radius 2 is 1.86 bits per heavy atom. The monoisotopic (exact) mass is 515 g/mol. The average Bonchev–Trinajstić information content (AvgIpc) is 3.00. The highest BCUT2D eigenvalue weighted by Crippen LogP contribution is 2.25. The molecule has 1 aliphatic heterocycles. The molecule has 0 aromatic heterocycles. The zero-order chi connectivity index (χ0) is 19.1. The van der Waals surface area contributed by atoms with Gasteiger partial charge in [0.25, 0.3) is 0 Å². The molecule has 0 saturated carbocycles. The van der Waals surface area contributed by atoms with Gasteiger partial charge in [0.05, 0.1) is 18.1 Å². The van der Waals surface area contributed by atoms with Crippen LogP contribution in [0.4, 0.5) is 0 Å². The molecule has 1 aliphatic rings. The molecule has 2 aromatic rings. The third kappa shape index (κ3) is 6.66. The third-order valence-electron chi connectivity index (χ3n) is 4.27. The topological polar surface area (TPSA) is 79.8 Å². The van der Waals surface area contributed by atoms with Crippen molar-refractivity contribution in [3.63, 3.8) is 0 Å². The van der Waals surface area contributed by atoms with Crippen LogP contribution >= 0.6 is 24.0 Å². The van der Waals surface area contributed by atoms with Crippen molar-refractivity contribution in [3.8, 4) is 11.5 Å². The van der Waals surface area contributed by atoms with Crippen LogP contribution in [0, 0.1) is 0 Å².